The van der Waals surface area contributed by atoms with Crippen LogP contribution < -0.4 is 11.1 Å². The topological polar surface area (TPSA) is 72.9 Å². The monoisotopic (exact) mass is 278 g/mol. The lowest BCUT2D eigenvalue weighted by molar-refractivity contribution is 0.0951. The van der Waals surface area contributed by atoms with E-state index in [0.717, 1.165) is 11.3 Å². The lowest BCUT2D eigenvalue weighted by Crippen LogP contribution is -2.23. The molecule has 0 aliphatic rings. The number of carbonyl (C=O) groups is 1. The van der Waals surface area contributed by atoms with E-state index in [2.05, 4.69) is 10.4 Å². The van der Waals surface area contributed by atoms with E-state index < -0.39 is 0 Å². The van der Waals surface area contributed by atoms with Crippen LogP contribution in [0.2, 0.25) is 5.02 Å². The van der Waals surface area contributed by atoms with Gasteiger partial charge in [0, 0.05) is 41.1 Å². The highest BCUT2D eigenvalue weighted by Crippen LogP contribution is 2.16. The van der Waals surface area contributed by atoms with Crippen LogP contribution in [0.4, 0.5) is 5.69 Å². The number of anilines is 1. The predicted molar refractivity (Wildman–Crippen MR) is 75.0 cm³/mol. The Morgan fingerprint density at radius 3 is 2.79 bits per heavy atom. The van der Waals surface area contributed by atoms with Crippen molar-refractivity contribution in [2.75, 3.05) is 5.73 Å². The highest BCUT2D eigenvalue weighted by molar-refractivity contribution is 6.31. The van der Waals surface area contributed by atoms with Crippen LogP contribution in [0, 0.1) is 6.92 Å². The zero-order chi connectivity index (χ0) is 14.0. The number of nitrogen functional groups attached to an aromatic ring is 1. The van der Waals surface area contributed by atoms with Crippen LogP contribution in [-0.4, -0.2) is 15.7 Å². The van der Waals surface area contributed by atoms with Gasteiger partial charge >= 0.3 is 0 Å². The van der Waals surface area contributed by atoms with Crippen molar-refractivity contribution >= 4 is 23.2 Å². The van der Waals surface area contributed by atoms with Crippen molar-refractivity contribution in [2.24, 2.45) is 7.05 Å². The van der Waals surface area contributed by atoms with Crippen LogP contribution in [-0.2, 0) is 13.6 Å². The summed E-state index contributed by atoms with van der Waals surface area (Å²) in [7, 11) is 1.86. The van der Waals surface area contributed by atoms with Crippen molar-refractivity contribution in [1.82, 2.24) is 15.1 Å². The number of halogens is 1. The standard InChI is InChI=1S/C13H15ClN4O/c1-8-10(7-17-18(8)2)6-16-13(19)9-3-11(14)5-12(15)4-9/h3-5,7H,6,15H2,1-2H3,(H,16,19). The van der Waals surface area contributed by atoms with Gasteiger partial charge in [-0.1, -0.05) is 11.6 Å². The van der Waals surface area contributed by atoms with Crippen molar-refractivity contribution in [2.45, 2.75) is 13.5 Å². The number of benzene rings is 1. The Morgan fingerprint density at radius 2 is 2.21 bits per heavy atom. The van der Waals surface area contributed by atoms with Gasteiger partial charge in [0.05, 0.1) is 6.20 Å². The normalized spacial score (nSPS) is 10.5. The molecule has 3 N–H and O–H groups in total. The molecule has 2 aromatic rings. The van der Waals surface area contributed by atoms with Crippen molar-refractivity contribution in [3.05, 3.63) is 46.2 Å². The minimum atomic E-state index is -0.211. The molecule has 1 aromatic heterocycles. The molecule has 19 heavy (non-hydrogen) atoms. The van der Waals surface area contributed by atoms with E-state index in [-0.39, 0.29) is 5.91 Å². The summed E-state index contributed by atoms with van der Waals surface area (Å²) in [6.45, 7) is 2.37. The largest absolute Gasteiger partial charge is 0.399 e. The molecule has 0 unspecified atom stereocenters. The van der Waals surface area contributed by atoms with E-state index in [1.807, 2.05) is 14.0 Å². The summed E-state index contributed by atoms with van der Waals surface area (Å²) in [6.07, 6.45) is 1.74. The van der Waals surface area contributed by atoms with Crippen LogP contribution in [0.15, 0.2) is 24.4 Å². The van der Waals surface area contributed by atoms with Gasteiger partial charge in [0.2, 0.25) is 0 Å². The van der Waals surface area contributed by atoms with Gasteiger partial charge in [-0.25, -0.2) is 0 Å². The van der Waals surface area contributed by atoms with Crippen LogP contribution in [0.5, 0.6) is 0 Å². The van der Waals surface area contributed by atoms with Crippen LogP contribution in [0.3, 0.4) is 0 Å². The van der Waals surface area contributed by atoms with E-state index in [9.17, 15) is 4.79 Å². The van der Waals surface area contributed by atoms with Crippen molar-refractivity contribution in [3.63, 3.8) is 0 Å². The average Bonchev–Trinajstić information content (AvgIpc) is 2.66. The van der Waals surface area contributed by atoms with Gasteiger partial charge in [-0.05, 0) is 25.1 Å². The maximum absolute atomic E-state index is 12.0. The number of nitrogens with zero attached hydrogens (tertiary/aromatic N) is 2. The first-order valence-electron chi connectivity index (χ1n) is 5.79. The zero-order valence-electron chi connectivity index (χ0n) is 10.8. The molecule has 0 bridgehead atoms. The molecule has 0 saturated carbocycles. The molecule has 0 aliphatic carbocycles. The number of amides is 1. The number of aryl methyl sites for hydroxylation is 1. The van der Waals surface area contributed by atoms with E-state index in [4.69, 9.17) is 17.3 Å². The number of hydrogen-bond acceptors (Lipinski definition) is 3. The van der Waals surface area contributed by atoms with Crippen molar-refractivity contribution in [1.29, 1.82) is 0 Å². The molecule has 0 aliphatic heterocycles. The highest BCUT2D eigenvalue weighted by atomic mass is 35.5. The van der Waals surface area contributed by atoms with E-state index in [1.54, 1.807) is 29.1 Å². The van der Waals surface area contributed by atoms with E-state index >= 15 is 0 Å². The molecule has 0 atom stereocenters. The van der Waals surface area contributed by atoms with Gasteiger partial charge in [-0.3, -0.25) is 9.48 Å². The Bertz CT molecular complexity index is 601. The molecule has 1 heterocycles. The summed E-state index contributed by atoms with van der Waals surface area (Å²) in [4.78, 5) is 12.0. The number of nitrogens with one attached hydrogen (secondary N) is 1. The van der Waals surface area contributed by atoms with Gasteiger partial charge < -0.3 is 11.1 Å². The number of aromatic nitrogens is 2. The van der Waals surface area contributed by atoms with Gasteiger partial charge in [0.1, 0.15) is 0 Å². The van der Waals surface area contributed by atoms with Crippen molar-refractivity contribution in [3.8, 4) is 0 Å². The van der Waals surface area contributed by atoms with Crippen LogP contribution in [0.1, 0.15) is 21.6 Å². The second-order valence-electron chi connectivity index (χ2n) is 4.33. The molecule has 0 radical (unpaired) electrons. The van der Waals surface area contributed by atoms with Crippen LogP contribution in [0.25, 0.3) is 0 Å². The van der Waals surface area contributed by atoms with Gasteiger partial charge in [-0.2, -0.15) is 5.10 Å². The third kappa shape index (κ3) is 3.06. The molecule has 0 fully saturated rings. The lowest BCUT2D eigenvalue weighted by atomic mass is 10.2. The summed E-state index contributed by atoms with van der Waals surface area (Å²) in [6, 6.07) is 4.78. The fourth-order valence-electron chi connectivity index (χ4n) is 1.74. The minimum Gasteiger partial charge on any atom is -0.399 e. The molecule has 100 valence electrons. The fourth-order valence-corrected chi connectivity index (χ4v) is 1.98. The molecular formula is C13H15ClN4O. The summed E-state index contributed by atoms with van der Waals surface area (Å²) < 4.78 is 1.76. The quantitative estimate of drug-likeness (QED) is 0.842. The van der Waals surface area contributed by atoms with Crippen LogP contribution >= 0.6 is 11.6 Å². The summed E-state index contributed by atoms with van der Waals surface area (Å²) in [5.74, 6) is -0.211. The second kappa shape index (κ2) is 5.32. The predicted octanol–water partition coefficient (Wildman–Crippen LogP) is 1.89. The minimum absolute atomic E-state index is 0.211. The number of rotatable bonds is 3. The average molecular weight is 279 g/mol. The number of hydrogen-bond donors (Lipinski definition) is 2. The Labute approximate surface area is 116 Å². The smallest absolute Gasteiger partial charge is 0.251 e. The molecule has 0 spiro atoms. The molecule has 0 saturated heterocycles. The summed E-state index contributed by atoms with van der Waals surface area (Å²) in [5, 5.41) is 7.38. The third-order valence-electron chi connectivity index (χ3n) is 2.96. The Kier molecular flexibility index (Phi) is 3.76. The Morgan fingerprint density at radius 1 is 1.47 bits per heavy atom. The molecule has 2 rings (SSSR count). The maximum atomic E-state index is 12.0. The third-order valence-corrected chi connectivity index (χ3v) is 3.18. The van der Waals surface area contributed by atoms with Gasteiger partial charge in [0.25, 0.3) is 5.91 Å². The first kappa shape index (κ1) is 13.4. The first-order chi connectivity index (χ1) is 8.97. The molecule has 5 nitrogen and oxygen atoms in total. The molecule has 1 aromatic carbocycles. The Balaban J connectivity index is 2.07. The summed E-state index contributed by atoms with van der Waals surface area (Å²) >= 11 is 5.87. The SMILES string of the molecule is Cc1c(CNC(=O)c2cc(N)cc(Cl)c2)cnn1C. The Hall–Kier alpha value is -2.01. The fraction of sp³-hybridized carbons (Fsp3) is 0.231. The van der Waals surface area contributed by atoms with E-state index in [0.29, 0.717) is 22.8 Å². The highest BCUT2D eigenvalue weighted by Gasteiger charge is 2.09. The summed E-state index contributed by atoms with van der Waals surface area (Å²) in [5.41, 5.74) is 8.57. The zero-order valence-corrected chi connectivity index (χ0v) is 11.5. The number of nitrogens with two attached hydrogens (primary N) is 1. The molecular weight excluding hydrogens is 264 g/mol. The van der Waals surface area contributed by atoms with Crippen molar-refractivity contribution < 1.29 is 4.79 Å². The molecule has 6 heteroatoms. The molecule has 1 amide bonds. The van der Waals surface area contributed by atoms with Gasteiger partial charge in [-0.15, -0.1) is 0 Å². The second-order valence-corrected chi connectivity index (χ2v) is 4.77. The van der Waals surface area contributed by atoms with E-state index in [1.165, 1.54) is 0 Å². The first-order valence-corrected chi connectivity index (χ1v) is 6.17. The van der Waals surface area contributed by atoms with Gasteiger partial charge in [0.15, 0.2) is 0 Å². The lowest BCUT2D eigenvalue weighted by Gasteiger charge is -2.06. The maximum Gasteiger partial charge on any atom is 0.251 e. The number of carbonyl (C=O) groups excluding carboxylic acids is 1.